The molecule has 0 unspecified atom stereocenters. The molecule has 3 rings (SSSR count). The summed E-state index contributed by atoms with van der Waals surface area (Å²) >= 11 is -0.0793. The Morgan fingerprint density at radius 3 is 1.43 bits per heavy atom. The molecule has 37 heavy (non-hydrogen) atoms. The van der Waals surface area contributed by atoms with Crippen molar-refractivity contribution in [3.63, 3.8) is 0 Å². The molecule has 3 nitrogen and oxygen atoms in total. The zero-order chi connectivity index (χ0) is 28.1. The molecule has 0 aliphatic heterocycles. The van der Waals surface area contributed by atoms with E-state index >= 15 is 0 Å². The Morgan fingerprint density at radius 1 is 0.703 bits per heavy atom. The van der Waals surface area contributed by atoms with E-state index in [1.807, 2.05) is 0 Å². The first kappa shape index (κ1) is 31.3. The van der Waals surface area contributed by atoms with Crippen LogP contribution < -0.4 is 21.2 Å². The van der Waals surface area contributed by atoms with Crippen LogP contribution in [0.15, 0.2) is 77.7 Å². The summed E-state index contributed by atoms with van der Waals surface area (Å²) in [6.45, 7) is 13.8. The second kappa shape index (κ2) is 12.3. The predicted molar refractivity (Wildman–Crippen MR) is 136 cm³/mol. The van der Waals surface area contributed by atoms with E-state index < -0.39 is 26.8 Å². The van der Waals surface area contributed by atoms with Crippen molar-refractivity contribution in [3.05, 3.63) is 96.6 Å². The molecular formula is C29H34F3IO3S. The second-order valence-electron chi connectivity index (χ2n) is 10.1. The van der Waals surface area contributed by atoms with E-state index in [4.69, 9.17) is 0 Å². The first-order valence-corrected chi connectivity index (χ1v) is 15.6. The van der Waals surface area contributed by atoms with Crippen LogP contribution in [-0.4, -0.2) is 13.0 Å². The Hall–Kier alpha value is -1.91. The molecule has 0 aliphatic rings. The lowest BCUT2D eigenvalue weighted by Crippen LogP contribution is -3.61. The summed E-state index contributed by atoms with van der Waals surface area (Å²) in [6, 6.07) is 21.3. The SMILES string of the molecule is CCC(C)(C)c1ccc([I+]c2ccc(C(C)(C)CC)cc2)cc1.O=S(=O)([O-])c1cccc(C(F)(F)F)c1. The third kappa shape index (κ3) is 9.11. The van der Waals surface area contributed by atoms with Gasteiger partial charge in [0.1, 0.15) is 10.1 Å². The summed E-state index contributed by atoms with van der Waals surface area (Å²) in [5.41, 5.74) is 2.31. The topological polar surface area (TPSA) is 57.2 Å². The van der Waals surface area contributed by atoms with Crippen molar-refractivity contribution in [1.82, 2.24) is 0 Å². The molecule has 202 valence electrons. The van der Waals surface area contributed by atoms with E-state index in [1.165, 1.54) is 31.1 Å². The van der Waals surface area contributed by atoms with Crippen LogP contribution in [0.2, 0.25) is 0 Å². The molecule has 0 amide bonds. The molecule has 0 saturated heterocycles. The van der Waals surface area contributed by atoms with Gasteiger partial charge in [-0.25, -0.2) is 8.42 Å². The van der Waals surface area contributed by atoms with Crippen LogP contribution >= 0.6 is 0 Å². The van der Waals surface area contributed by atoms with Gasteiger partial charge in [0.2, 0.25) is 0 Å². The second-order valence-corrected chi connectivity index (χ2v) is 14.5. The minimum absolute atomic E-state index is 0.0793. The van der Waals surface area contributed by atoms with Crippen molar-refractivity contribution < 1.29 is 47.3 Å². The van der Waals surface area contributed by atoms with Crippen LogP contribution in [-0.2, 0) is 27.1 Å². The van der Waals surface area contributed by atoms with Gasteiger partial charge in [0.25, 0.3) is 0 Å². The van der Waals surface area contributed by atoms with E-state index in [0.29, 0.717) is 12.1 Å². The van der Waals surface area contributed by atoms with Gasteiger partial charge in [-0.2, -0.15) is 13.2 Å². The zero-order valence-corrected chi connectivity index (χ0v) is 25.0. The highest BCUT2D eigenvalue weighted by Gasteiger charge is 2.30. The maximum atomic E-state index is 12.1. The zero-order valence-electron chi connectivity index (χ0n) is 22.0. The van der Waals surface area contributed by atoms with Gasteiger partial charge >= 0.3 is 27.4 Å². The minimum atomic E-state index is -4.84. The standard InChI is InChI=1S/C22H30I.C7H5F3O3S/c1-7-21(3,4)17-9-13-19(14-10-17)23-20-15-11-18(12-16-20)22(5,6)8-2;8-7(9,10)5-2-1-3-6(4-5)14(11,12)13/h9-16H,7-8H2,1-6H3;1-4H,(H,11,12,13)/q+1;/p-1. The van der Waals surface area contributed by atoms with E-state index in [2.05, 4.69) is 90.1 Å². The molecule has 0 heterocycles. The van der Waals surface area contributed by atoms with Gasteiger partial charge < -0.3 is 4.55 Å². The number of hydrogen-bond acceptors (Lipinski definition) is 3. The van der Waals surface area contributed by atoms with Crippen molar-refractivity contribution in [2.24, 2.45) is 0 Å². The van der Waals surface area contributed by atoms with Crippen molar-refractivity contribution >= 4 is 10.1 Å². The lowest BCUT2D eigenvalue weighted by molar-refractivity contribution is -0.597. The fourth-order valence-electron chi connectivity index (χ4n) is 3.29. The Balaban J connectivity index is 0.000000294. The number of alkyl halides is 3. The van der Waals surface area contributed by atoms with Crippen LogP contribution in [0.25, 0.3) is 0 Å². The summed E-state index contributed by atoms with van der Waals surface area (Å²) < 4.78 is 70.3. The molecule has 3 aromatic carbocycles. The third-order valence-electron chi connectivity index (χ3n) is 6.69. The number of hydrogen-bond donors (Lipinski definition) is 0. The first-order valence-electron chi connectivity index (χ1n) is 12.0. The van der Waals surface area contributed by atoms with Gasteiger partial charge in [-0.3, -0.25) is 0 Å². The molecule has 0 saturated carbocycles. The molecule has 8 heteroatoms. The Morgan fingerprint density at radius 2 is 1.11 bits per heavy atom. The Kier molecular flexibility index (Phi) is 10.4. The van der Waals surface area contributed by atoms with Crippen molar-refractivity contribution in [1.29, 1.82) is 0 Å². The summed E-state index contributed by atoms with van der Waals surface area (Å²) in [7, 11) is -4.84. The molecule has 0 bridgehead atoms. The van der Waals surface area contributed by atoms with E-state index in [0.717, 1.165) is 12.1 Å². The third-order valence-corrected chi connectivity index (χ3v) is 10.2. The van der Waals surface area contributed by atoms with Crippen LogP contribution in [0.3, 0.4) is 0 Å². The van der Waals surface area contributed by atoms with E-state index in [9.17, 15) is 26.1 Å². The van der Waals surface area contributed by atoms with Crippen molar-refractivity contribution in [3.8, 4) is 0 Å². The Bertz CT molecular complexity index is 1210. The molecule has 0 atom stereocenters. The summed E-state index contributed by atoms with van der Waals surface area (Å²) in [4.78, 5) is -0.882. The van der Waals surface area contributed by atoms with Gasteiger partial charge in [0.15, 0.2) is 7.14 Å². The molecule has 0 aliphatic carbocycles. The number of rotatable bonds is 7. The van der Waals surface area contributed by atoms with Gasteiger partial charge in [0, 0.05) is 0 Å². The molecule has 0 spiro atoms. The Labute approximate surface area is 229 Å². The van der Waals surface area contributed by atoms with Gasteiger partial charge in [-0.05, 0) is 77.3 Å². The average Bonchev–Trinajstić information content (AvgIpc) is 2.84. The highest BCUT2D eigenvalue weighted by atomic mass is 127. The normalized spacial score (nSPS) is 12.6. The van der Waals surface area contributed by atoms with Crippen LogP contribution in [0.5, 0.6) is 0 Å². The number of benzene rings is 3. The maximum Gasteiger partial charge on any atom is 0.416 e. The maximum absolute atomic E-state index is 12.1. The van der Waals surface area contributed by atoms with E-state index in [-0.39, 0.29) is 32.0 Å². The largest absolute Gasteiger partial charge is 0.744 e. The molecule has 0 N–H and O–H groups in total. The smallest absolute Gasteiger partial charge is 0.416 e. The van der Waals surface area contributed by atoms with Crippen LogP contribution in [0, 0.1) is 7.14 Å². The summed E-state index contributed by atoms with van der Waals surface area (Å²) in [5, 5.41) is 0. The van der Waals surface area contributed by atoms with Crippen molar-refractivity contribution in [2.45, 2.75) is 76.3 Å². The van der Waals surface area contributed by atoms with Crippen molar-refractivity contribution in [2.75, 3.05) is 0 Å². The minimum Gasteiger partial charge on any atom is -0.744 e. The quantitative estimate of drug-likeness (QED) is 0.274. The van der Waals surface area contributed by atoms with Gasteiger partial charge in [-0.15, -0.1) is 0 Å². The summed E-state index contributed by atoms with van der Waals surface area (Å²) in [5.74, 6) is 0. The highest BCUT2D eigenvalue weighted by molar-refractivity contribution is 7.85. The monoisotopic (exact) mass is 646 g/mol. The van der Waals surface area contributed by atoms with Gasteiger partial charge in [-0.1, -0.05) is 71.9 Å². The lowest BCUT2D eigenvalue weighted by atomic mass is 9.82. The van der Waals surface area contributed by atoms with Crippen LogP contribution in [0.1, 0.15) is 71.1 Å². The highest BCUT2D eigenvalue weighted by Crippen LogP contribution is 2.30. The predicted octanol–water partition coefficient (Wildman–Crippen LogP) is 4.80. The molecule has 0 radical (unpaired) electrons. The molecule has 0 fully saturated rings. The molecular weight excluding hydrogens is 612 g/mol. The first-order chi connectivity index (χ1) is 17.0. The van der Waals surface area contributed by atoms with E-state index in [1.54, 1.807) is 0 Å². The van der Waals surface area contributed by atoms with Gasteiger partial charge in [0.05, 0.1) is 10.5 Å². The lowest BCUT2D eigenvalue weighted by Gasteiger charge is -2.23. The molecule has 3 aromatic rings. The fourth-order valence-corrected chi connectivity index (χ4v) is 5.96. The van der Waals surface area contributed by atoms with Crippen LogP contribution in [0.4, 0.5) is 13.2 Å². The number of halogens is 4. The average molecular weight is 647 g/mol. The fraction of sp³-hybridized carbons (Fsp3) is 0.379. The molecule has 0 aromatic heterocycles. The summed E-state index contributed by atoms with van der Waals surface area (Å²) in [6.07, 6.45) is -2.30.